The van der Waals surface area contributed by atoms with Gasteiger partial charge in [0.1, 0.15) is 0 Å². The lowest BCUT2D eigenvalue weighted by molar-refractivity contribution is -0.0159. The van der Waals surface area contributed by atoms with E-state index in [2.05, 4.69) is 45.1 Å². The van der Waals surface area contributed by atoms with Crippen LogP contribution in [0.4, 0.5) is 0 Å². The van der Waals surface area contributed by atoms with Gasteiger partial charge in [0.15, 0.2) is 0 Å². The quantitative estimate of drug-likeness (QED) is 0.331. The maximum Gasteiger partial charge on any atom is 0.258 e. The number of nitrogens with zero attached hydrogens (tertiary/aromatic N) is 5. The standard InChI is InChI=1S/C26H26ClN5O2/c1-3-21-20-13-10-17(14-23(20)32(29-21)19-6-4-5-7-19)22-15-26(2,34-30-22)25-28-24(33-31-25)16-8-11-18(27)12-9-16/h8-14,19H,3-7,15H2,1-2H3. The Morgan fingerprint density at radius 3 is 2.62 bits per heavy atom. The molecular weight excluding hydrogens is 450 g/mol. The van der Waals surface area contributed by atoms with E-state index in [4.69, 9.17) is 26.1 Å². The predicted octanol–water partition coefficient (Wildman–Crippen LogP) is 6.46. The summed E-state index contributed by atoms with van der Waals surface area (Å²) in [6, 6.07) is 14.3. The zero-order valence-corrected chi connectivity index (χ0v) is 20.0. The highest BCUT2D eigenvalue weighted by Crippen LogP contribution is 2.37. The third-order valence-corrected chi connectivity index (χ3v) is 7.23. The molecule has 1 aliphatic carbocycles. The van der Waals surface area contributed by atoms with Crippen LogP contribution in [0.5, 0.6) is 0 Å². The number of hydrogen-bond acceptors (Lipinski definition) is 6. The Balaban J connectivity index is 1.29. The highest BCUT2D eigenvalue weighted by Gasteiger charge is 2.41. The van der Waals surface area contributed by atoms with E-state index >= 15 is 0 Å². The van der Waals surface area contributed by atoms with Crippen LogP contribution in [0.3, 0.4) is 0 Å². The van der Waals surface area contributed by atoms with Crippen molar-refractivity contribution in [3.8, 4) is 11.5 Å². The van der Waals surface area contributed by atoms with Gasteiger partial charge < -0.3 is 9.36 Å². The topological polar surface area (TPSA) is 78.3 Å². The first kappa shape index (κ1) is 21.4. The molecule has 1 unspecified atom stereocenters. The first-order valence-corrected chi connectivity index (χ1v) is 12.3. The number of rotatable bonds is 5. The van der Waals surface area contributed by atoms with Crippen LogP contribution in [0.15, 0.2) is 52.1 Å². The first-order valence-electron chi connectivity index (χ1n) is 11.9. The summed E-state index contributed by atoms with van der Waals surface area (Å²) in [7, 11) is 0. The number of halogens is 1. The third kappa shape index (κ3) is 3.59. The fraction of sp³-hybridized carbons (Fsp3) is 0.385. The van der Waals surface area contributed by atoms with Crippen LogP contribution in [0.1, 0.15) is 69.1 Å². The Hall–Kier alpha value is -3.19. The highest BCUT2D eigenvalue weighted by atomic mass is 35.5. The largest absolute Gasteiger partial charge is 0.380 e. The SMILES string of the molecule is CCc1nn(C2CCCC2)c2cc(C3=NOC(C)(c4noc(-c5ccc(Cl)cc5)n4)C3)ccc12. The van der Waals surface area contributed by atoms with Crippen LogP contribution in [0.25, 0.3) is 22.4 Å². The second kappa shape index (κ2) is 8.24. The molecule has 6 rings (SSSR count). The molecule has 0 radical (unpaired) electrons. The van der Waals surface area contributed by atoms with Crippen LogP contribution in [0, 0.1) is 0 Å². The Labute approximate surface area is 202 Å². The van der Waals surface area contributed by atoms with Gasteiger partial charge in [0, 0.05) is 28.0 Å². The summed E-state index contributed by atoms with van der Waals surface area (Å²) in [6.45, 7) is 4.11. The molecule has 2 aromatic heterocycles. The summed E-state index contributed by atoms with van der Waals surface area (Å²) in [6.07, 6.45) is 6.41. The van der Waals surface area contributed by atoms with Crippen LogP contribution in [-0.2, 0) is 16.9 Å². The summed E-state index contributed by atoms with van der Waals surface area (Å²) < 4.78 is 7.76. The molecule has 34 heavy (non-hydrogen) atoms. The molecular formula is C26H26ClN5O2. The Kier molecular flexibility index (Phi) is 5.17. The van der Waals surface area contributed by atoms with E-state index in [0.717, 1.165) is 29.0 Å². The van der Waals surface area contributed by atoms with Gasteiger partial charge in [-0.1, -0.05) is 53.8 Å². The minimum Gasteiger partial charge on any atom is -0.380 e. The summed E-state index contributed by atoms with van der Waals surface area (Å²) in [5.74, 6) is 0.903. The van der Waals surface area contributed by atoms with Crippen molar-refractivity contribution in [2.45, 2.75) is 64.0 Å². The second-order valence-corrected chi connectivity index (χ2v) is 9.82. The molecule has 174 valence electrons. The van der Waals surface area contributed by atoms with E-state index < -0.39 is 5.60 Å². The van der Waals surface area contributed by atoms with Crippen molar-refractivity contribution in [3.05, 3.63) is 64.6 Å². The number of oxime groups is 1. The van der Waals surface area contributed by atoms with E-state index in [1.54, 1.807) is 12.1 Å². The molecule has 7 nitrogen and oxygen atoms in total. The van der Waals surface area contributed by atoms with Gasteiger partial charge in [-0.05, 0) is 56.5 Å². The average molecular weight is 476 g/mol. The van der Waals surface area contributed by atoms with Gasteiger partial charge in [-0.25, -0.2) is 0 Å². The molecule has 1 atom stereocenters. The van der Waals surface area contributed by atoms with Crippen molar-refractivity contribution in [2.24, 2.45) is 5.16 Å². The zero-order chi connectivity index (χ0) is 23.3. The summed E-state index contributed by atoms with van der Waals surface area (Å²) in [5.41, 5.74) is 4.27. The Morgan fingerprint density at radius 1 is 1.09 bits per heavy atom. The third-order valence-electron chi connectivity index (χ3n) is 6.97. The molecule has 0 amide bonds. The van der Waals surface area contributed by atoms with Gasteiger partial charge in [-0.3, -0.25) is 4.68 Å². The lowest BCUT2D eigenvalue weighted by Crippen LogP contribution is -2.23. The van der Waals surface area contributed by atoms with Crippen LogP contribution < -0.4 is 0 Å². The minimum atomic E-state index is -0.793. The Bertz CT molecular complexity index is 1380. The van der Waals surface area contributed by atoms with Crippen LogP contribution >= 0.6 is 11.6 Å². The molecule has 1 aliphatic heterocycles. The summed E-state index contributed by atoms with van der Waals surface area (Å²) >= 11 is 5.99. The lowest BCUT2D eigenvalue weighted by atomic mass is 9.94. The van der Waals surface area contributed by atoms with Crippen molar-refractivity contribution >= 4 is 28.2 Å². The van der Waals surface area contributed by atoms with E-state index in [9.17, 15) is 0 Å². The van der Waals surface area contributed by atoms with Crippen molar-refractivity contribution in [1.82, 2.24) is 19.9 Å². The maximum atomic E-state index is 5.99. The molecule has 2 aliphatic rings. The van der Waals surface area contributed by atoms with Gasteiger partial charge in [0.05, 0.1) is 23.0 Å². The number of aryl methyl sites for hydroxylation is 1. The van der Waals surface area contributed by atoms with E-state index in [1.165, 1.54) is 36.6 Å². The van der Waals surface area contributed by atoms with Crippen molar-refractivity contribution in [1.29, 1.82) is 0 Å². The average Bonchev–Trinajstić information content (AvgIpc) is 3.65. The molecule has 0 bridgehead atoms. The minimum absolute atomic E-state index is 0.430. The zero-order valence-electron chi connectivity index (χ0n) is 19.3. The fourth-order valence-electron chi connectivity index (χ4n) is 5.03. The molecule has 0 saturated heterocycles. The van der Waals surface area contributed by atoms with Crippen molar-refractivity contribution in [3.63, 3.8) is 0 Å². The molecule has 1 saturated carbocycles. The van der Waals surface area contributed by atoms with E-state index in [-0.39, 0.29) is 0 Å². The first-order chi connectivity index (χ1) is 16.5. The van der Waals surface area contributed by atoms with Crippen molar-refractivity contribution in [2.75, 3.05) is 0 Å². The Morgan fingerprint density at radius 2 is 1.85 bits per heavy atom. The van der Waals surface area contributed by atoms with Crippen molar-refractivity contribution < 1.29 is 9.36 Å². The molecule has 0 spiro atoms. The molecule has 8 heteroatoms. The summed E-state index contributed by atoms with van der Waals surface area (Å²) in [5, 5.41) is 15.5. The van der Waals surface area contributed by atoms with Gasteiger partial charge in [0.25, 0.3) is 5.89 Å². The van der Waals surface area contributed by atoms with Gasteiger partial charge >= 0.3 is 0 Å². The van der Waals surface area contributed by atoms with E-state index in [0.29, 0.717) is 29.2 Å². The lowest BCUT2D eigenvalue weighted by Gasteiger charge is -2.16. The number of aromatic nitrogens is 4. The highest BCUT2D eigenvalue weighted by molar-refractivity contribution is 6.30. The monoisotopic (exact) mass is 475 g/mol. The predicted molar refractivity (Wildman–Crippen MR) is 131 cm³/mol. The number of benzene rings is 2. The van der Waals surface area contributed by atoms with Gasteiger partial charge in [0.2, 0.25) is 11.4 Å². The van der Waals surface area contributed by atoms with E-state index in [1.807, 2.05) is 19.1 Å². The fourth-order valence-corrected chi connectivity index (χ4v) is 5.16. The smallest absolute Gasteiger partial charge is 0.258 e. The van der Waals surface area contributed by atoms with Gasteiger partial charge in [-0.2, -0.15) is 10.1 Å². The molecule has 3 heterocycles. The number of hydrogen-bond donors (Lipinski definition) is 0. The van der Waals surface area contributed by atoms with Crippen LogP contribution in [0.2, 0.25) is 5.02 Å². The van der Waals surface area contributed by atoms with Crippen LogP contribution in [-0.4, -0.2) is 25.6 Å². The molecule has 4 aromatic rings. The molecule has 1 fully saturated rings. The van der Waals surface area contributed by atoms with Gasteiger partial charge in [-0.15, -0.1) is 0 Å². The second-order valence-electron chi connectivity index (χ2n) is 9.38. The maximum absolute atomic E-state index is 5.99. The molecule has 2 aromatic carbocycles. The summed E-state index contributed by atoms with van der Waals surface area (Å²) in [4.78, 5) is 10.5. The normalized spacial score (nSPS) is 20.7. The molecule has 0 N–H and O–H groups in total. The number of fused-ring (bicyclic) bond motifs is 1.